The minimum atomic E-state index is -0.364. The molecule has 3 nitrogen and oxygen atoms in total. The molecule has 3 heteroatoms. The highest BCUT2D eigenvalue weighted by Crippen LogP contribution is 2.01. The van der Waals surface area contributed by atoms with E-state index in [9.17, 15) is 0 Å². The fraction of sp³-hybridized carbons (Fsp3) is 1.00. The van der Waals surface area contributed by atoms with Crippen LogP contribution in [0.1, 0.15) is 32.6 Å². The highest BCUT2D eigenvalue weighted by molar-refractivity contribution is 4.66. The lowest BCUT2D eigenvalue weighted by atomic mass is 10.2. The van der Waals surface area contributed by atoms with Crippen LogP contribution in [0.2, 0.25) is 0 Å². The smallest absolute Gasteiger partial charge is 0.254 e. The molecule has 0 aliphatic rings. The highest BCUT2D eigenvalue weighted by atomic mass is 15.0. The van der Waals surface area contributed by atoms with Gasteiger partial charge in [-0.2, -0.15) is 0 Å². The van der Waals surface area contributed by atoms with E-state index >= 15 is 0 Å². The summed E-state index contributed by atoms with van der Waals surface area (Å²) in [7, 11) is 0. The zero-order valence-electron chi connectivity index (χ0n) is 5.88. The third-order valence-corrected chi connectivity index (χ3v) is 1.25. The summed E-state index contributed by atoms with van der Waals surface area (Å²) < 4.78 is 0. The average molecular weight is 128 g/mol. The number of nitrogens with two attached hydrogens (primary N) is 1. The lowest BCUT2D eigenvalue weighted by Crippen LogP contribution is -2.13. The number of nitrogens with zero attached hydrogens (tertiary/aromatic N) is 2. The average Bonchev–Trinajstić information content (AvgIpc) is 1.89. The quantitative estimate of drug-likeness (QED) is 0.463. The van der Waals surface area contributed by atoms with Crippen LogP contribution in [0.4, 0.5) is 0 Å². The van der Waals surface area contributed by atoms with Crippen molar-refractivity contribution in [2.45, 2.75) is 38.8 Å². The van der Waals surface area contributed by atoms with Gasteiger partial charge in [-0.15, -0.1) is 0 Å². The minimum Gasteiger partial charge on any atom is -0.254 e. The van der Waals surface area contributed by atoms with Gasteiger partial charge >= 0.3 is 6.17 Å². The first-order valence-corrected chi connectivity index (χ1v) is 3.41. The minimum absolute atomic E-state index is 0.364. The van der Waals surface area contributed by atoms with Gasteiger partial charge in [-0.25, -0.2) is 0 Å². The van der Waals surface area contributed by atoms with Crippen molar-refractivity contribution in [3.63, 3.8) is 0 Å². The SMILES string of the molecule is CCCCCC(N)[N+]#N. The largest absolute Gasteiger partial charge is 0.366 e. The summed E-state index contributed by atoms with van der Waals surface area (Å²) in [6.07, 6.45) is 3.84. The first-order valence-electron chi connectivity index (χ1n) is 3.41. The van der Waals surface area contributed by atoms with E-state index in [1.165, 1.54) is 12.8 Å². The number of diazo groups is 1. The van der Waals surface area contributed by atoms with E-state index in [-0.39, 0.29) is 6.17 Å². The fourth-order valence-electron chi connectivity index (χ4n) is 0.661. The van der Waals surface area contributed by atoms with E-state index < -0.39 is 0 Å². The Morgan fingerprint density at radius 3 is 2.67 bits per heavy atom. The maximum absolute atomic E-state index is 8.13. The lowest BCUT2D eigenvalue weighted by molar-refractivity contribution is 0.616. The Hall–Kier alpha value is -0.620. The molecule has 0 aromatic carbocycles. The number of unbranched alkanes of at least 4 members (excludes halogenated alkanes) is 2. The molecule has 0 fully saturated rings. The van der Waals surface area contributed by atoms with E-state index in [2.05, 4.69) is 11.9 Å². The molecule has 9 heavy (non-hydrogen) atoms. The summed E-state index contributed by atoms with van der Waals surface area (Å²) in [6, 6.07) is 0. The van der Waals surface area contributed by atoms with E-state index in [1.807, 2.05) is 0 Å². The molecule has 0 amide bonds. The molecule has 0 spiro atoms. The van der Waals surface area contributed by atoms with Crippen molar-refractivity contribution >= 4 is 0 Å². The molecule has 0 heterocycles. The Bertz CT molecular complexity index is 95.0. The second kappa shape index (κ2) is 5.52. The van der Waals surface area contributed by atoms with Gasteiger partial charge in [0.05, 0.1) is 0 Å². The summed E-state index contributed by atoms with van der Waals surface area (Å²) in [5.74, 6) is 0. The van der Waals surface area contributed by atoms with Crippen LogP contribution in [0.15, 0.2) is 0 Å². The molecule has 0 bridgehead atoms. The van der Waals surface area contributed by atoms with Gasteiger partial charge in [-0.1, -0.05) is 19.8 Å². The zero-order chi connectivity index (χ0) is 7.11. The summed E-state index contributed by atoms with van der Waals surface area (Å²) in [5.41, 5.74) is 5.30. The zero-order valence-corrected chi connectivity index (χ0v) is 5.88. The van der Waals surface area contributed by atoms with E-state index in [1.54, 1.807) is 0 Å². The molecule has 52 valence electrons. The second-order valence-corrected chi connectivity index (χ2v) is 2.18. The monoisotopic (exact) mass is 128 g/mol. The first kappa shape index (κ1) is 8.38. The van der Waals surface area contributed by atoms with Crippen molar-refractivity contribution in [2.24, 2.45) is 5.73 Å². The van der Waals surface area contributed by atoms with Crippen LogP contribution in [0.5, 0.6) is 0 Å². The van der Waals surface area contributed by atoms with Crippen molar-refractivity contribution < 1.29 is 0 Å². The molecular formula is C6H14N3+. The number of hydrogen-bond donors (Lipinski definition) is 1. The topological polar surface area (TPSA) is 54.2 Å². The molecule has 0 rings (SSSR count). The Labute approximate surface area is 55.9 Å². The molecule has 0 saturated carbocycles. The van der Waals surface area contributed by atoms with Gasteiger partial charge in [0.15, 0.2) is 0 Å². The summed E-state index contributed by atoms with van der Waals surface area (Å²) in [6.45, 7) is 2.13. The predicted molar refractivity (Wildman–Crippen MR) is 37.2 cm³/mol. The van der Waals surface area contributed by atoms with Crippen LogP contribution in [0.25, 0.3) is 4.98 Å². The number of hydrogen-bond acceptors (Lipinski definition) is 2. The van der Waals surface area contributed by atoms with Gasteiger partial charge in [-0.3, -0.25) is 5.73 Å². The summed E-state index contributed by atoms with van der Waals surface area (Å²) in [5, 5.41) is 8.13. The molecule has 0 aliphatic carbocycles. The van der Waals surface area contributed by atoms with E-state index in [0.29, 0.717) is 0 Å². The molecule has 0 aromatic heterocycles. The second-order valence-electron chi connectivity index (χ2n) is 2.18. The van der Waals surface area contributed by atoms with Crippen LogP contribution in [-0.4, -0.2) is 6.17 Å². The maximum Gasteiger partial charge on any atom is 0.366 e. The molecule has 0 radical (unpaired) electrons. The van der Waals surface area contributed by atoms with Crippen molar-refractivity contribution in [3.8, 4) is 0 Å². The highest BCUT2D eigenvalue weighted by Gasteiger charge is 2.09. The van der Waals surface area contributed by atoms with Crippen molar-refractivity contribution in [1.82, 2.24) is 0 Å². The summed E-state index contributed by atoms with van der Waals surface area (Å²) >= 11 is 0. The molecule has 0 aliphatic heterocycles. The van der Waals surface area contributed by atoms with Crippen LogP contribution >= 0.6 is 0 Å². The van der Waals surface area contributed by atoms with Crippen LogP contribution in [0.3, 0.4) is 0 Å². The van der Waals surface area contributed by atoms with Gasteiger partial charge in [0.25, 0.3) is 0 Å². The Balaban J connectivity index is 2.99. The molecule has 2 N–H and O–H groups in total. The Morgan fingerprint density at radius 2 is 2.22 bits per heavy atom. The Kier molecular flexibility index (Phi) is 5.14. The Morgan fingerprint density at radius 1 is 1.56 bits per heavy atom. The maximum atomic E-state index is 8.13. The van der Waals surface area contributed by atoms with Crippen LogP contribution in [-0.2, 0) is 0 Å². The van der Waals surface area contributed by atoms with Crippen molar-refractivity contribution in [3.05, 3.63) is 4.98 Å². The normalized spacial score (nSPS) is 12.6. The molecular weight excluding hydrogens is 114 g/mol. The number of rotatable bonds is 4. The van der Waals surface area contributed by atoms with Gasteiger partial charge in [0, 0.05) is 6.42 Å². The van der Waals surface area contributed by atoms with Crippen LogP contribution in [0, 0.1) is 5.39 Å². The molecule has 1 unspecified atom stereocenters. The third-order valence-electron chi connectivity index (χ3n) is 1.25. The van der Waals surface area contributed by atoms with E-state index in [4.69, 9.17) is 11.1 Å². The lowest BCUT2D eigenvalue weighted by Gasteiger charge is -1.90. The van der Waals surface area contributed by atoms with Crippen LogP contribution < -0.4 is 5.73 Å². The molecule has 0 aromatic rings. The molecule has 1 atom stereocenters. The summed E-state index contributed by atoms with van der Waals surface area (Å²) in [4.78, 5) is 2.94. The van der Waals surface area contributed by atoms with Crippen molar-refractivity contribution in [1.29, 1.82) is 5.39 Å². The van der Waals surface area contributed by atoms with Gasteiger partial charge in [-0.05, 0) is 6.42 Å². The standard InChI is InChI=1S/C6H14N3/c1-2-3-4-5-6(7)9-8/h6H,2-5,7H2,1H3/q+1. The third kappa shape index (κ3) is 5.25. The first-order chi connectivity index (χ1) is 4.31. The van der Waals surface area contributed by atoms with Gasteiger partial charge in [0.2, 0.25) is 5.39 Å². The predicted octanol–water partition coefficient (Wildman–Crippen LogP) is 1.70. The van der Waals surface area contributed by atoms with Gasteiger partial charge in [0.1, 0.15) is 4.98 Å². The van der Waals surface area contributed by atoms with E-state index in [0.717, 1.165) is 12.8 Å². The fourth-order valence-corrected chi connectivity index (χ4v) is 0.661. The molecule has 0 saturated heterocycles. The van der Waals surface area contributed by atoms with Gasteiger partial charge < -0.3 is 0 Å². The van der Waals surface area contributed by atoms with Crippen molar-refractivity contribution in [2.75, 3.05) is 0 Å².